The van der Waals surface area contributed by atoms with Crippen LogP contribution in [0.5, 0.6) is 11.5 Å². The van der Waals surface area contributed by atoms with E-state index in [4.69, 9.17) is 9.47 Å². The summed E-state index contributed by atoms with van der Waals surface area (Å²) < 4.78 is 12.7. The number of amides is 1. The van der Waals surface area contributed by atoms with Gasteiger partial charge in [0.15, 0.2) is 17.3 Å². The summed E-state index contributed by atoms with van der Waals surface area (Å²) in [6.07, 6.45) is 0.850. The largest absolute Gasteiger partial charge is 0.454 e. The molecule has 0 unspecified atom stereocenters. The lowest BCUT2D eigenvalue weighted by atomic mass is 10.1. The maximum absolute atomic E-state index is 12.7. The minimum absolute atomic E-state index is 0.0226. The van der Waals surface area contributed by atoms with Crippen molar-refractivity contribution in [2.75, 3.05) is 13.3 Å². The predicted octanol–water partition coefficient (Wildman–Crippen LogP) is 1.23. The summed E-state index contributed by atoms with van der Waals surface area (Å²) in [6, 6.07) is 5.28. The summed E-state index contributed by atoms with van der Waals surface area (Å²) in [5.41, 5.74) is 0.605. The molecule has 114 valence electrons. The first kappa shape index (κ1) is 13.1. The number of rotatable bonds is 2. The molecule has 1 aromatic carbocycles. The van der Waals surface area contributed by atoms with Crippen molar-refractivity contribution < 1.29 is 14.3 Å². The van der Waals surface area contributed by atoms with Gasteiger partial charge in [0, 0.05) is 25.1 Å². The monoisotopic (exact) mass is 300 g/mol. The van der Waals surface area contributed by atoms with Gasteiger partial charge < -0.3 is 18.9 Å². The molecule has 0 bridgehead atoms. The van der Waals surface area contributed by atoms with Gasteiger partial charge in [-0.1, -0.05) is 6.92 Å². The summed E-state index contributed by atoms with van der Waals surface area (Å²) in [7, 11) is 0. The van der Waals surface area contributed by atoms with Crippen molar-refractivity contribution in [2.45, 2.75) is 26.4 Å². The van der Waals surface area contributed by atoms with Crippen LogP contribution in [0.25, 0.3) is 0 Å². The average Bonchev–Trinajstić information content (AvgIpc) is 3.18. The fourth-order valence-electron chi connectivity index (χ4n) is 2.87. The molecule has 0 saturated carbocycles. The van der Waals surface area contributed by atoms with Crippen molar-refractivity contribution in [3.05, 3.63) is 35.4 Å². The van der Waals surface area contributed by atoms with Crippen molar-refractivity contribution >= 4 is 5.91 Å². The Labute approximate surface area is 127 Å². The van der Waals surface area contributed by atoms with E-state index in [9.17, 15) is 4.79 Å². The molecular weight excluding hydrogens is 284 g/mol. The number of hydrogen-bond acceptors (Lipinski definition) is 5. The molecule has 0 N–H and O–H groups in total. The zero-order valence-corrected chi connectivity index (χ0v) is 12.3. The minimum Gasteiger partial charge on any atom is -0.454 e. The van der Waals surface area contributed by atoms with Crippen molar-refractivity contribution in [1.82, 2.24) is 19.7 Å². The molecule has 1 aromatic heterocycles. The van der Waals surface area contributed by atoms with E-state index in [0.717, 1.165) is 24.6 Å². The zero-order chi connectivity index (χ0) is 15.1. The molecule has 7 nitrogen and oxygen atoms in total. The molecule has 7 heteroatoms. The third-order valence-electron chi connectivity index (χ3n) is 4.05. The summed E-state index contributed by atoms with van der Waals surface area (Å²) in [5, 5.41) is 8.35. The number of fused-ring (bicyclic) bond motifs is 2. The third kappa shape index (κ3) is 2.01. The van der Waals surface area contributed by atoms with Crippen LogP contribution in [0.3, 0.4) is 0 Å². The molecule has 0 radical (unpaired) electrons. The van der Waals surface area contributed by atoms with E-state index in [1.165, 1.54) is 0 Å². The second kappa shape index (κ2) is 5.01. The molecule has 0 atom stereocenters. The number of ether oxygens (including phenoxy) is 2. The van der Waals surface area contributed by atoms with Gasteiger partial charge >= 0.3 is 0 Å². The van der Waals surface area contributed by atoms with Gasteiger partial charge in [-0.3, -0.25) is 4.79 Å². The summed E-state index contributed by atoms with van der Waals surface area (Å²) in [5.74, 6) is 3.11. The van der Waals surface area contributed by atoms with Gasteiger partial charge in [-0.2, -0.15) is 0 Å². The Balaban J connectivity index is 1.56. The van der Waals surface area contributed by atoms with Crippen molar-refractivity contribution in [2.24, 2.45) is 0 Å². The van der Waals surface area contributed by atoms with Gasteiger partial charge in [-0.05, 0) is 18.2 Å². The van der Waals surface area contributed by atoms with Gasteiger partial charge in [0.2, 0.25) is 6.79 Å². The van der Waals surface area contributed by atoms with E-state index in [1.54, 1.807) is 23.1 Å². The Hall–Kier alpha value is -2.57. The number of nitrogens with zero attached hydrogens (tertiary/aromatic N) is 4. The number of aryl methyl sites for hydroxylation is 1. The van der Waals surface area contributed by atoms with Crippen LogP contribution in [0.1, 0.15) is 28.9 Å². The minimum atomic E-state index is -0.0226. The number of benzene rings is 1. The lowest BCUT2D eigenvalue weighted by molar-refractivity contribution is 0.0706. The molecule has 2 aromatic rings. The zero-order valence-electron chi connectivity index (χ0n) is 12.3. The van der Waals surface area contributed by atoms with Crippen LogP contribution in [0.2, 0.25) is 0 Å². The van der Waals surface area contributed by atoms with Gasteiger partial charge in [-0.15, -0.1) is 10.2 Å². The standard InChI is InChI=1S/C15H16N4O3/c1-2-13-16-17-14-8-18(5-6-19(13)14)15(20)10-3-4-11-12(7-10)22-9-21-11/h3-4,7H,2,5-6,8-9H2,1H3. The van der Waals surface area contributed by atoms with Crippen LogP contribution in [-0.4, -0.2) is 38.9 Å². The molecule has 0 aliphatic carbocycles. The maximum Gasteiger partial charge on any atom is 0.254 e. The normalized spacial score (nSPS) is 15.8. The second-order valence-electron chi connectivity index (χ2n) is 5.33. The van der Waals surface area contributed by atoms with Gasteiger partial charge in [0.25, 0.3) is 5.91 Å². The Bertz CT molecular complexity index is 740. The Morgan fingerprint density at radius 2 is 2.09 bits per heavy atom. The highest BCUT2D eigenvalue weighted by atomic mass is 16.7. The number of aromatic nitrogens is 3. The highest BCUT2D eigenvalue weighted by Crippen LogP contribution is 2.33. The lowest BCUT2D eigenvalue weighted by Crippen LogP contribution is -2.38. The first-order chi connectivity index (χ1) is 10.8. The maximum atomic E-state index is 12.7. The first-order valence-electron chi connectivity index (χ1n) is 7.36. The fraction of sp³-hybridized carbons (Fsp3) is 0.400. The van der Waals surface area contributed by atoms with Gasteiger partial charge in [0.1, 0.15) is 5.82 Å². The van der Waals surface area contributed by atoms with Crippen LogP contribution < -0.4 is 9.47 Å². The van der Waals surface area contributed by atoms with E-state index < -0.39 is 0 Å². The lowest BCUT2D eigenvalue weighted by Gasteiger charge is -2.28. The fourth-order valence-corrected chi connectivity index (χ4v) is 2.87. The number of hydrogen-bond donors (Lipinski definition) is 0. The molecule has 2 aliphatic rings. The highest BCUT2D eigenvalue weighted by molar-refractivity contribution is 5.95. The molecule has 2 aliphatic heterocycles. The molecule has 4 rings (SSSR count). The molecule has 0 spiro atoms. The Morgan fingerprint density at radius 1 is 1.23 bits per heavy atom. The van der Waals surface area contributed by atoms with E-state index >= 15 is 0 Å². The van der Waals surface area contributed by atoms with Crippen LogP contribution >= 0.6 is 0 Å². The number of carbonyl (C=O) groups is 1. The van der Waals surface area contributed by atoms with Gasteiger partial charge in [0.05, 0.1) is 6.54 Å². The Morgan fingerprint density at radius 3 is 2.95 bits per heavy atom. The molecule has 3 heterocycles. The molecule has 0 saturated heterocycles. The van der Waals surface area contributed by atoms with Gasteiger partial charge in [-0.25, -0.2) is 0 Å². The Kier molecular flexibility index (Phi) is 2.99. The summed E-state index contributed by atoms with van der Waals surface area (Å²) in [6.45, 7) is 4.15. The number of carbonyl (C=O) groups excluding carboxylic acids is 1. The van der Waals surface area contributed by atoms with Crippen molar-refractivity contribution in [1.29, 1.82) is 0 Å². The molecule has 1 amide bonds. The molecule has 22 heavy (non-hydrogen) atoms. The smallest absolute Gasteiger partial charge is 0.254 e. The predicted molar refractivity (Wildman–Crippen MR) is 76.7 cm³/mol. The highest BCUT2D eigenvalue weighted by Gasteiger charge is 2.26. The topological polar surface area (TPSA) is 69.5 Å². The second-order valence-corrected chi connectivity index (χ2v) is 5.33. The van der Waals surface area contributed by atoms with Crippen LogP contribution in [0, 0.1) is 0 Å². The van der Waals surface area contributed by atoms with E-state index in [0.29, 0.717) is 30.2 Å². The van der Waals surface area contributed by atoms with E-state index in [-0.39, 0.29) is 12.7 Å². The van der Waals surface area contributed by atoms with Crippen molar-refractivity contribution in [3.8, 4) is 11.5 Å². The first-order valence-corrected chi connectivity index (χ1v) is 7.36. The summed E-state index contributed by atoms with van der Waals surface area (Å²) in [4.78, 5) is 14.5. The van der Waals surface area contributed by atoms with Crippen molar-refractivity contribution in [3.63, 3.8) is 0 Å². The molecular formula is C15H16N4O3. The van der Waals surface area contributed by atoms with E-state index in [1.807, 2.05) is 0 Å². The quantitative estimate of drug-likeness (QED) is 0.834. The van der Waals surface area contributed by atoms with Crippen LogP contribution in [0.4, 0.5) is 0 Å². The third-order valence-corrected chi connectivity index (χ3v) is 4.05. The van der Waals surface area contributed by atoms with Crippen LogP contribution in [-0.2, 0) is 19.5 Å². The van der Waals surface area contributed by atoms with E-state index in [2.05, 4.69) is 21.7 Å². The van der Waals surface area contributed by atoms with Crippen LogP contribution in [0.15, 0.2) is 18.2 Å². The SMILES string of the molecule is CCc1nnc2n1CCN(C(=O)c1ccc3c(c1)OCO3)C2. The molecule has 0 fully saturated rings. The summed E-state index contributed by atoms with van der Waals surface area (Å²) >= 11 is 0. The average molecular weight is 300 g/mol.